The van der Waals surface area contributed by atoms with E-state index in [-0.39, 0.29) is 4.75 Å². The van der Waals surface area contributed by atoms with E-state index in [2.05, 4.69) is 125 Å². The summed E-state index contributed by atoms with van der Waals surface area (Å²) in [5, 5.41) is 0.410. The second-order valence-electron chi connectivity index (χ2n) is 7.76. The Morgan fingerprint density at radius 2 is 1.20 bits per heavy atom. The Hall–Kier alpha value is -1.55. The molecule has 0 nitrogen and oxygen atoms in total. The summed E-state index contributed by atoms with van der Waals surface area (Å²) in [7, 11) is 0. The summed E-state index contributed by atoms with van der Waals surface area (Å²) in [6, 6.07) is 32.3. The highest BCUT2D eigenvalue weighted by atomic mass is 32.2. The highest BCUT2D eigenvalue weighted by Gasteiger charge is 2.37. The van der Waals surface area contributed by atoms with E-state index in [0.717, 1.165) is 0 Å². The molecule has 0 radical (unpaired) electrons. The van der Waals surface area contributed by atoms with Crippen molar-refractivity contribution in [1.29, 1.82) is 0 Å². The Labute approximate surface area is 195 Å². The van der Waals surface area contributed by atoms with Gasteiger partial charge in [-0.15, -0.1) is 23.5 Å². The molecule has 2 atom stereocenters. The smallest absolute Gasteiger partial charge is 0.0311 e. The van der Waals surface area contributed by atoms with Crippen molar-refractivity contribution in [1.82, 2.24) is 0 Å². The first-order valence-electron chi connectivity index (χ1n) is 10.3. The Morgan fingerprint density at radius 1 is 0.733 bits per heavy atom. The molecule has 0 aliphatic carbocycles. The first-order valence-corrected chi connectivity index (χ1v) is 12.9. The van der Waals surface area contributed by atoms with Gasteiger partial charge in [0.05, 0.1) is 0 Å². The zero-order chi connectivity index (χ0) is 21.4. The van der Waals surface area contributed by atoms with Crippen LogP contribution in [0.15, 0.2) is 117 Å². The van der Waals surface area contributed by atoms with Crippen molar-refractivity contribution in [3.8, 4) is 0 Å². The van der Waals surface area contributed by atoms with Gasteiger partial charge < -0.3 is 0 Å². The molecule has 0 aromatic heterocycles. The maximum absolute atomic E-state index is 2.39. The van der Waals surface area contributed by atoms with E-state index in [0.29, 0.717) is 11.2 Å². The first kappa shape index (κ1) is 23.1. The quantitative estimate of drug-likeness (QED) is 0.298. The van der Waals surface area contributed by atoms with Gasteiger partial charge in [0, 0.05) is 30.6 Å². The van der Waals surface area contributed by atoms with Crippen molar-refractivity contribution in [2.45, 2.75) is 52.4 Å². The van der Waals surface area contributed by atoms with Gasteiger partial charge in [-0.2, -0.15) is 0 Å². The van der Waals surface area contributed by atoms with E-state index < -0.39 is 0 Å². The lowest BCUT2D eigenvalue weighted by atomic mass is 9.96. The normalized spacial score (nSPS) is 14.3. The summed E-state index contributed by atoms with van der Waals surface area (Å²) in [6.07, 6.45) is 2.30. The summed E-state index contributed by atoms with van der Waals surface area (Å²) >= 11 is 5.88. The SMILES string of the molecule is C/C=C(\Sc1ccccc1)[C@@H](C)[C@H](Sc1ccccc1)C(C)(C)Sc1ccccc1. The molecule has 0 saturated heterocycles. The zero-order valence-electron chi connectivity index (χ0n) is 18.1. The van der Waals surface area contributed by atoms with Gasteiger partial charge in [-0.05, 0) is 62.1 Å². The van der Waals surface area contributed by atoms with E-state index in [4.69, 9.17) is 0 Å². The summed E-state index contributed by atoms with van der Waals surface area (Å²) in [5.41, 5.74) is 0. The van der Waals surface area contributed by atoms with Crippen molar-refractivity contribution in [3.05, 3.63) is 102 Å². The molecule has 156 valence electrons. The van der Waals surface area contributed by atoms with Gasteiger partial charge >= 0.3 is 0 Å². The fourth-order valence-electron chi connectivity index (χ4n) is 3.53. The number of hydrogen-bond donors (Lipinski definition) is 0. The zero-order valence-corrected chi connectivity index (χ0v) is 20.6. The van der Waals surface area contributed by atoms with Crippen LogP contribution in [-0.2, 0) is 0 Å². The largest absolute Gasteiger partial charge is 0.121 e. The molecule has 3 rings (SSSR count). The molecule has 30 heavy (non-hydrogen) atoms. The topological polar surface area (TPSA) is 0 Å². The van der Waals surface area contributed by atoms with Crippen molar-refractivity contribution in [3.63, 3.8) is 0 Å². The number of rotatable bonds is 9. The average Bonchev–Trinajstić information content (AvgIpc) is 2.77. The molecular formula is C27H30S3. The lowest BCUT2D eigenvalue weighted by molar-refractivity contribution is 0.554. The Balaban J connectivity index is 1.89. The van der Waals surface area contributed by atoms with Gasteiger partial charge in [-0.1, -0.05) is 79.4 Å². The molecule has 0 N–H and O–H groups in total. The van der Waals surface area contributed by atoms with Gasteiger partial charge in [0.2, 0.25) is 0 Å². The van der Waals surface area contributed by atoms with Gasteiger partial charge in [0.1, 0.15) is 0 Å². The number of thioether (sulfide) groups is 3. The molecule has 0 amide bonds. The Bertz CT molecular complexity index is 918. The molecular weight excluding hydrogens is 420 g/mol. The predicted octanol–water partition coefficient (Wildman–Crippen LogP) is 9.05. The standard InChI is InChI=1S/C27H30S3/c1-5-25(28-22-15-9-6-10-16-22)21(2)26(29-23-17-11-7-12-18-23)27(3,4)30-24-19-13-8-14-20-24/h5-21,26H,1-4H3/b25-5-/t21-,26+/m1/s1. The third-order valence-electron chi connectivity index (χ3n) is 4.98. The summed E-state index contributed by atoms with van der Waals surface area (Å²) in [6.45, 7) is 9.34. The summed E-state index contributed by atoms with van der Waals surface area (Å²) in [5.74, 6) is 0.414. The molecule has 3 heteroatoms. The number of allylic oxidation sites excluding steroid dienone is 2. The second-order valence-corrected chi connectivity index (χ2v) is 11.9. The minimum absolute atomic E-state index is 0.0484. The lowest BCUT2D eigenvalue weighted by Gasteiger charge is -2.38. The predicted molar refractivity (Wildman–Crippen MR) is 138 cm³/mol. The molecule has 3 aromatic carbocycles. The molecule has 0 saturated carbocycles. The Morgan fingerprint density at radius 3 is 1.70 bits per heavy atom. The van der Waals surface area contributed by atoms with E-state index >= 15 is 0 Å². The first-order chi connectivity index (χ1) is 14.5. The third-order valence-corrected chi connectivity index (χ3v) is 9.57. The van der Waals surface area contributed by atoms with Crippen molar-refractivity contribution in [2.75, 3.05) is 0 Å². The van der Waals surface area contributed by atoms with Crippen LogP contribution in [0.2, 0.25) is 0 Å². The van der Waals surface area contributed by atoms with E-state index in [9.17, 15) is 0 Å². The van der Waals surface area contributed by atoms with E-state index in [1.54, 1.807) is 0 Å². The van der Waals surface area contributed by atoms with Gasteiger partial charge in [0.15, 0.2) is 0 Å². The van der Waals surface area contributed by atoms with Gasteiger partial charge in [0.25, 0.3) is 0 Å². The van der Waals surface area contributed by atoms with Crippen LogP contribution in [0.1, 0.15) is 27.7 Å². The van der Waals surface area contributed by atoms with Crippen LogP contribution in [0.4, 0.5) is 0 Å². The maximum atomic E-state index is 2.39. The van der Waals surface area contributed by atoms with Crippen LogP contribution < -0.4 is 0 Å². The second kappa shape index (κ2) is 11.2. The van der Waals surface area contributed by atoms with Gasteiger partial charge in [-0.3, -0.25) is 0 Å². The van der Waals surface area contributed by atoms with Crippen molar-refractivity contribution < 1.29 is 0 Å². The molecule has 0 aliphatic heterocycles. The fraction of sp³-hybridized carbons (Fsp3) is 0.259. The minimum Gasteiger partial charge on any atom is -0.121 e. The monoisotopic (exact) mass is 450 g/mol. The summed E-state index contributed by atoms with van der Waals surface area (Å²) in [4.78, 5) is 5.38. The van der Waals surface area contributed by atoms with Crippen LogP contribution in [0.25, 0.3) is 0 Å². The van der Waals surface area contributed by atoms with E-state index in [1.807, 2.05) is 35.3 Å². The molecule has 3 aromatic rings. The van der Waals surface area contributed by atoms with E-state index in [1.165, 1.54) is 19.6 Å². The minimum atomic E-state index is 0.0484. The average molecular weight is 451 g/mol. The van der Waals surface area contributed by atoms with Crippen LogP contribution in [-0.4, -0.2) is 10.00 Å². The van der Waals surface area contributed by atoms with Crippen LogP contribution in [0.3, 0.4) is 0 Å². The molecule has 0 spiro atoms. The van der Waals surface area contributed by atoms with Crippen LogP contribution in [0.5, 0.6) is 0 Å². The van der Waals surface area contributed by atoms with Crippen molar-refractivity contribution >= 4 is 35.3 Å². The Kier molecular flexibility index (Phi) is 8.61. The molecule has 0 aliphatic rings. The van der Waals surface area contributed by atoms with Crippen molar-refractivity contribution in [2.24, 2.45) is 5.92 Å². The third kappa shape index (κ3) is 6.47. The maximum Gasteiger partial charge on any atom is 0.0311 e. The number of hydrogen-bond acceptors (Lipinski definition) is 3. The highest BCUT2D eigenvalue weighted by molar-refractivity contribution is 8.05. The molecule has 0 unspecified atom stereocenters. The number of benzene rings is 3. The van der Waals surface area contributed by atoms with Gasteiger partial charge in [-0.25, -0.2) is 0 Å². The molecule has 0 heterocycles. The van der Waals surface area contributed by atoms with Crippen LogP contribution in [0, 0.1) is 5.92 Å². The summed E-state index contributed by atoms with van der Waals surface area (Å²) < 4.78 is 0.0484. The fourth-order valence-corrected chi connectivity index (χ4v) is 7.37. The highest BCUT2D eigenvalue weighted by Crippen LogP contribution is 2.49. The lowest BCUT2D eigenvalue weighted by Crippen LogP contribution is -2.36. The molecule has 0 fully saturated rings. The molecule has 0 bridgehead atoms. The van der Waals surface area contributed by atoms with Crippen LogP contribution >= 0.6 is 35.3 Å².